The molecule has 1 amide bonds. The molecule has 45 heavy (non-hydrogen) atoms. The molecule has 6 aromatic rings. The first-order valence-electron chi connectivity index (χ1n) is 15.5. The van der Waals surface area contributed by atoms with Crippen LogP contribution in [0.3, 0.4) is 0 Å². The SMILES string of the molecule is COc1ccccc1CCC(=O)NC[C@@H](Cc1c[nH]c2ccccc12)NC(c1ccccc1)(c1ccccc1)c1ccccc1. The Labute approximate surface area is 265 Å². The molecule has 5 aromatic carbocycles. The maximum absolute atomic E-state index is 13.3. The van der Waals surface area contributed by atoms with Crippen molar-refractivity contribution in [1.82, 2.24) is 15.6 Å². The number of H-pyrrole nitrogens is 1. The number of carbonyl (C=O) groups excluding carboxylic acids is 1. The predicted octanol–water partition coefficient (Wildman–Crippen LogP) is 7.42. The van der Waals surface area contributed by atoms with E-state index in [2.05, 4.69) is 131 Å². The summed E-state index contributed by atoms with van der Waals surface area (Å²) in [5.74, 6) is 0.818. The summed E-state index contributed by atoms with van der Waals surface area (Å²) in [5, 5.41) is 8.59. The number of rotatable bonds is 13. The average molecular weight is 594 g/mol. The van der Waals surface area contributed by atoms with Gasteiger partial charge < -0.3 is 15.0 Å². The van der Waals surface area contributed by atoms with E-state index in [9.17, 15) is 4.79 Å². The molecule has 0 fully saturated rings. The summed E-state index contributed by atoms with van der Waals surface area (Å²) < 4.78 is 5.51. The number of aryl methyl sites for hydroxylation is 1. The summed E-state index contributed by atoms with van der Waals surface area (Å²) >= 11 is 0. The molecule has 0 unspecified atom stereocenters. The van der Waals surface area contributed by atoms with Crippen LogP contribution in [0.2, 0.25) is 0 Å². The number of methoxy groups -OCH3 is 1. The van der Waals surface area contributed by atoms with Gasteiger partial charge in [-0.3, -0.25) is 10.1 Å². The molecule has 0 radical (unpaired) electrons. The van der Waals surface area contributed by atoms with E-state index >= 15 is 0 Å². The Bertz CT molecular complexity index is 1720. The van der Waals surface area contributed by atoms with E-state index in [4.69, 9.17) is 4.74 Å². The van der Waals surface area contributed by atoms with Gasteiger partial charge in [0.15, 0.2) is 0 Å². The number of aromatic nitrogens is 1. The Morgan fingerprint density at radius 3 is 1.89 bits per heavy atom. The molecule has 1 aromatic heterocycles. The molecule has 226 valence electrons. The normalized spacial score (nSPS) is 12.1. The van der Waals surface area contributed by atoms with Crippen molar-refractivity contribution in [2.45, 2.75) is 30.8 Å². The molecule has 1 heterocycles. The number of aromatic amines is 1. The van der Waals surface area contributed by atoms with Gasteiger partial charge >= 0.3 is 0 Å². The van der Waals surface area contributed by atoms with Gasteiger partial charge in [0.25, 0.3) is 0 Å². The fourth-order valence-corrected chi connectivity index (χ4v) is 6.34. The first-order chi connectivity index (χ1) is 22.2. The lowest BCUT2D eigenvalue weighted by Crippen LogP contribution is -2.54. The Balaban J connectivity index is 1.35. The second kappa shape index (κ2) is 14.1. The summed E-state index contributed by atoms with van der Waals surface area (Å²) in [6, 6.07) is 47.9. The Morgan fingerprint density at radius 2 is 1.27 bits per heavy atom. The van der Waals surface area contributed by atoms with Gasteiger partial charge in [-0.2, -0.15) is 0 Å². The zero-order valence-electron chi connectivity index (χ0n) is 25.6. The van der Waals surface area contributed by atoms with Crippen molar-refractivity contribution in [2.75, 3.05) is 13.7 Å². The monoisotopic (exact) mass is 593 g/mol. The van der Waals surface area contributed by atoms with Crippen molar-refractivity contribution in [1.29, 1.82) is 0 Å². The van der Waals surface area contributed by atoms with Crippen molar-refractivity contribution < 1.29 is 9.53 Å². The minimum Gasteiger partial charge on any atom is -0.496 e. The topological polar surface area (TPSA) is 66.1 Å². The van der Waals surface area contributed by atoms with Crippen molar-refractivity contribution in [3.05, 3.63) is 174 Å². The second-order valence-electron chi connectivity index (χ2n) is 11.4. The fourth-order valence-electron chi connectivity index (χ4n) is 6.34. The molecule has 0 aliphatic heterocycles. The van der Waals surface area contributed by atoms with Crippen LogP contribution in [0.25, 0.3) is 10.9 Å². The number of hydrogen-bond donors (Lipinski definition) is 3. The van der Waals surface area contributed by atoms with Gasteiger partial charge in [-0.25, -0.2) is 0 Å². The predicted molar refractivity (Wildman–Crippen MR) is 182 cm³/mol. The second-order valence-corrected chi connectivity index (χ2v) is 11.4. The van der Waals surface area contributed by atoms with Gasteiger partial charge in [-0.05, 0) is 52.8 Å². The summed E-state index contributed by atoms with van der Waals surface area (Å²) in [7, 11) is 1.67. The molecule has 0 saturated heterocycles. The molecule has 0 spiro atoms. The Morgan fingerprint density at radius 1 is 0.711 bits per heavy atom. The molecule has 3 N–H and O–H groups in total. The number of fused-ring (bicyclic) bond motifs is 1. The van der Waals surface area contributed by atoms with E-state index in [1.807, 2.05) is 30.3 Å². The number of benzene rings is 5. The van der Waals surface area contributed by atoms with Crippen LogP contribution < -0.4 is 15.4 Å². The number of amides is 1. The molecule has 5 nitrogen and oxygen atoms in total. The highest BCUT2D eigenvalue weighted by Crippen LogP contribution is 2.37. The molecule has 0 aliphatic carbocycles. The maximum Gasteiger partial charge on any atom is 0.220 e. The van der Waals surface area contributed by atoms with Gasteiger partial charge in [0, 0.05) is 36.1 Å². The smallest absolute Gasteiger partial charge is 0.220 e. The van der Waals surface area contributed by atoms with Crippen molar-refractivity contribution in [2.24, 2.45) is 0 Å². The Hall–Kier alpha value is -5.13. The largest absolute Gasteiger partial charge is 0.496 e. The van der Waals surface area contributed by atoms with Crippen LogP contribution in [0.15, 0.2) is 146 Å². The van der Waals surface area contributed by atoms with Crippen LogP contribution in [0.5, 0.6) is 5.75 Å². The van der Waals surface area contributed by atoms with E-state index in [0.29, 0.717) is 25.8 Å². The number of hydrogen-bond acceptors (Lipinski definition) is 3. The lowest BCUT2D eigenvalue weighted by Gasteiger charge is -2.40. The van der Waals surface area contributed by atoms with E-state index in [0.717, 1.165) is 33.5 Å². The van der Waals surface area contributed by atoms with Crippen LogP contribution >= 0.6 is 0 Å². The average Bonchev–Trinajstić information content (AvgIpc) is 3.52. The molecular weight excluding hydrogens is 554 g/mol. The van der Waals surface area contributed by atoms with Gasteiger partial charge in [0.05, 0.1) is 12.6 Å². The van der Waals surface area contributed by atoms with Gasteiger partial charge in [0.1, 0.15) is 5.75 Å². The van der Waals surface area contributed by atoms with Crippen molar-refractivity contribution in [3.63, 3.8) is 0 Å². The van der Waals surface area contributed by atoms with E-state index in [1.54, 1.807) is 7.11 Å². The Kier molecular flexibility index (Phi) is 9.38. The minimum atomic E-state index is -0.664. The van der Waals surface area contributed by atoms with Crippen LogP contribution in [0.4, 0.5) is 0 Å². The van der Waals surface area contributed by atoms with E-state index in [1.165, 1.54) is 10.9 Å². The van der Waals surface area contributed by atoms with Crippen molar-refractivity contribution in [3.8, 4) is 5.75 Å². The molecule has 1 atom stereocenters. The summed E-state index contributed by atoms with van der Waals surface area (Å²) in [6.07, 6.45) is 3.79. The molecule has 6 rings (SSSR count). The highest BCUT2D eigenvalue weighted by molar-refractivity contribution is 5.83. The quantitative estimate of drug-likeness (QED) is 0.122. The number of carbonyl (C=O) groups is 1. The highest BCUT2D eigenvalue weighted by atomic mass is 16.5. The number of nitrogens with one attached hydrogen (secondary N) is 3. The third kappa shape index (κ3) is 6.69. The van der Waals surface area contributed by atoms with Crippen molar-refractivity contribution >= 4 is 16.8 Å². The first-order valence-corrected chi connectivity index (χ1v) is 15.5. The third-order valence-electron chi connectivity index (χ3n) is 8.54. The molecule has 0 bridgehead atoms. The zero-order chi connectivity index (χ0) is 30.9. The van der Waals surface area contributed by atoms with Gasteiger partial charge in [-0.15, -0.1) is 0 Å². The number of ether oxygens (including phenoxy) is 1. The summed E-state index contributed by atoms with van der Waals surface area (Å²) in [5.41, 5.74) is 6.07. The van der Waals surface area contributed by atoms with E-state index < -0.39 is 5.54 Å². The summed E-state index contributed by atoms with van der Waals surface area (Å²) in [6.45, 7) is 0.457. The third-order valence-corrected chi connectivity index (χ3v) is 8.54. The lowest BCUT2D eigenvalue weighted by atomic mass is 9.76. The van der Waals surface area contributed by atoms with Crippen LogP contribution in [0.1, 0.15) is 34.2 Å². The molecule has 5 heteroatoms. The van der Waals surface area contributed by atoms with Gasteiger partial charge in [-0.1, -0.05) is 127 Å². The van der Waals surface area contributed by atoms with Crippen LogP contribution in [0, 0.1) is 0 Å². The lowest BCUT2D eigenvalue weighted by molar-refractivity contribution is -0.121. The summed E-state index contributed by atoms with van der Waals surface area (Å²) in [4.78, 5) is 16.8. The first kappa shape index (κ1) is 29.9. The molecular formula is C40H39N3O2. The van der Waals surface area contributed by atoms with Crippen LogP contribution in [-0.2, 0) is 23.2 Å². The molecule has 0 aliphatic rings. The van der Waals surface area contributed by atoms with E-state index in [-0.39, 0.29) is 11.9 Å². The number of para-hydroxylation sites is 2. The van der Waals surface area contributed by atoms with Crippen LogP contribution in [-0.4, -0.2) is 30.6 Å². The molecule has 0 saturated carbocycles. The fraction of sp³-hybridized carbons (Fsp3) is 0.175. The maximum atomic E-state index is 13.3. The zero-order valence-corrected chi connectivity index (χ0v) is 25.6. The van der Waals surface area contributed by atoms with Gasteiger partial charge in [0.2, 0.25) is 5.91 Å². The highest BCUT2D eigenvalue weighted by Gasteiger charge is 2.38. The minimum absolute atomic E-state index is 0.0105. The standard InChI is InChI=1S/C40H39N3O2/c1-45-38-24-14-11-15-30(38)25-26-39(44)42-29-35(27-31-28-41-37-23-13-12-22-36(31)37)43-40(32-16-5-2-6-17-32,33-18-7-3-8-19-33)34-20-9-4-10-21-34/h2-24,28,35,41,43H,25-27,29H2,1H3,(H,42,44)/t35-/m1/s1.